The van der Waals surface area contributed by atoms with Crippen LogP contribution in [0.1, 0.15) is 22.8 Å². The number of hydrogen-bond acceptors (Lipinski definition) is 4. The second-order valence-corrected chi connectivity index (χ2v) is 4.56. The molecule has 0 aliphatic carbocycles. The summed E-state index contributed by atoms with van der Waals surface area (Å²) in [6.45, 7) is 2.47. The van der Waals surface area contributed by atoms with Gasteiger partial charge in [0.2, 0.25) is 0 Å². The lowest BCUT2D eigenvalue weighted by Crippen LogP contribution is -1.96. The second-order valence-electron chi connectivity index (χ2n) is 4.56. The van der Waals surface area contributed by atoms with Crippen LogP contribution in [0.15, 0.2) is 48.5 Å². The first-order valence-corrected chi connectivity index (χ1v) is 6.97. The third-order valence-electron chi connectivity index (χ3n) is 3.10. The van der Waals surface area contributed by atoms with Crippen LogP contribution in [0.25, 0.3) is 6.08 Å². The van der Waals surface area contributed by atoms with Crippen LogP contribution in [-0.4, -0.2) is 24.6 Å². The highest BCUT2D eigenvalue weighted by molar-refractivity contribution is 6.07. The fraction of sp³-hybridized carbons (Fsp3) is 0.167. The molecule has 0 heterocycles. The Hall–Kier alpha value is -2.75. The van der Waals surface area contributed by atoms with Gasteiger partial charge in [-0.15, -0.1) is 0 Å². The zero-order valence-corrected chi connectivity index (χ0v) is 12.6. The van der Waals surface area contributed by atoms with Crippen molar-refractivity contribution in [2.75, 3.05) is 13.7 Å². The van der Waals surface area contributed by atoms with Gasteiger partial charge in [0, 0.05) is 11.1 Å². The Morgan fingerprint density at radius 2 is 1.95 bits per heavy atom. The number of ether oxygens (including phenoxy) is 2. The van der Waals surface area contributed by atoms with E-state index in [9.17, 15) is 9.90 Å². The number of benzene rings is 2. The van der Waals surface area contributed by atoms with Gasteiger partial charge in [0.15, 0.2) is 17.3 Å². The molecule has 0 aliphatic rings. The number of rotatable bonds is 6. The Morgan fingerprint density at radius 1 is 1.18 bits per heavy atom. The molecule has 0 unspecified atom stereocenters. The summed E-state index contributed by atoms with van der Waals surface area (Å²) in [5.74, 6) is 0.834. The molecular weight excluding hydrogens is 280 g/mol. The van der Waals surface area contributed by atoms with E-state index in [-0.39, 0.29) is 17.3 Å². The van der Waals surface area contributed by atoms with Crippen molar-refractivity contribution in [2.45, 2.75) is 6.92 Å². The number of allylic oxidation sites excluding steroid dienone is 1. The molecule has 2 aromatic carbocycles. The zero-order valence-electron chi connectivity index (χ0n) is 12.6. The van der Waals surface area contributed by atoms with E-state index in [1.54, 1.807) is 12.1 Å². The van der Waals surface area contributed by atoms with E-state index in [0.29, 0.717) is 12.2 Å². The van der Waals surface area contributed by atoms with Crippen molar-refractivity contribution in [3.8, 4) is 17.2 Å². The maximum absolute atomic E-state index is 12.2. The smallest absolute Gasteiger partial charge is 0.185 e. The number of carbonyl (C=O) groups excluding carboxylic acids is 1. The highest BCUT2D eigenvalue weighted by atomic mass is 16.5. The number of ketones is 1. The second kappa shape index (κ2) is 7.31. The predicted octanol–water partition coefficient (Wildman–Crippen LogP) is 3.70. The van der Waals surface area contributed by atoms with Crippen LogP contribution in [0, 0.1) is 0 Å². The standard InChI is InChI=1S/C18H18O4/c1-3-22-17-7-5-4-6-13(17)8-10-15(19)14-9-11-16(20)18(12-14)21-2/h4-12,20H,3H2,1-2H3/b10-8+. The van der Waals surface area contributed by atoms with E-state index >= 15 is 0 Å². The quantitative estimate of drug-likeness (QED) is 0.652. The third-order valence-corrected chi connectivity index (χ3v) is 3.10. The van der Waals surface area contributed by atoms with Gasteiger partial charge >= 0.3 is 0 Å². The van der Waals surface area contributed by atoms with Crippen LogP contribution in [0.2, 0.25) is 0 Å². The summed E-state index contributed by atoms with van der Waals surface area (Å²) < 4.78 is 10.5. The Labute approximate surface area is 129 Å². The Balaban J connectivity index is 2.21. The molecule has 0 spiro atoms. The average Bonchev–Trinajstić information content (AvgIpc) is 2.54. The summed E-state index contributed by atoms with van der Waals surface area (Å²) >= 11 is 0. The Kier molecular flexibility index (Phi) is 5.20. The number of phenols is 1. The number of aromatic hydroxyl groups is 1. The molecule has 2 rings (SSSR count). The number of para-hydroxylation sites is 1. The van der Waals surface area contributed by atoms with Crippen LogP contribution < -0.4 is 9.47 Å². The van der Waals surface area contributed by atoms with E-state index in [4.69, 9.17) is 9.47 Å². The lowest BCUT2D eigenvalue weighted by atomic mass is 10.1. The summed E-state index contributed by atoms with van der Waals surface area (Å²) in [5.41, 5.74) is 1.28. The number of carbonyl (C=O) groups is 1. The minimum absolute atomic E-state index is 0.00437. The number of phenolic OH excluding ortho intramolecular Hbond substituents is 1. The fourth-order valence-corrected chi connectivity index (χ4v) is 2.00. The molecule has 0 atom stereocenters. The molecular formula is C18H18O4. The van der Waals surface area contributed by atoms with Crippen LogP contribution in [0.3, 0.4) is 0 Å². The minimum Gasteiger partial charge on any atom is -0.504 e. The van der Waals surface area contributed by atoms with Gasteiger partial charge in [-0.25, -0.2) is 0 Å². The predicted molar refractivity (Wildman–Crippen MR) is 85.6 cm³/mol. The van der Waals surface area contributed by atoms with Crippen molar-refractivity contribution in [3.63, 3.8) is 0 Å². The topological polar surface area (TPSA) is 55.8 Å². The lowest BCUT2D eigenvalue weighted by Gasteiger charge is -2.06. The molecule has 0 fully saturated rings. The van der Waals surface area contributed by atoms with Crippen LogP contribution in [0.4, 0.5) is 0 Å². The summed E-state index contributed by atoms with van der Waals surface area (Å²) in [5, 5.41) is 9.55. The molecule has 0 amide bonds. The molecule has 0 bridgehead atoms. The first-order valence-electron chi connectivity index (χ1n) is 6.97. The largest absolute Gasteiger partial charge is 0.504 e. The lowest BCUT2D eigenvalue weighted by molar-refractivity contribution is 0.104. The van der Waals surface area contributed by atoms with E-state index in [2.05, 4.69) is 0 Å². The first kappa shape index (κ1) is 15.6. The van der Waals surface area contributed by atoms with E-state index < -0.39 is 0 Å². The molecule has 0 aliphatic heterocycles. The van der Waals surface area contributed by atoms with Gasteiger partial charge in [0.05, 0.1) is 13.7 Å². The molecule has 0 saturated carbocycles. The molecule has 0 radical (unpaired) electrons. The SMILES string of the molecule is CCOc1ccccc1/C=C/C(=O)c1ccc(O)c(OC)c1. The highest BCUT2D eigenvalue weighted by Crippen LogP contribution is 2.27. The Morgan fingerprint density at radius 3 is 2.68 bits per heavy atom. The Bertz CT molecular complexity index is 689. The monoisotopic (exact) mass is 298 g/mol. The molecule has 2 aromatic rings. The first-order chi connectivity index (χ1) is 10.7. The average molecular weight is 298 g/mol. The molecule has 4 nitrogen and oxygen atoms in total. The van der Waals surface area contributed by atoms with Gasteiger partial charge in [-0.2, -0.15) is 0 Å². The minimum atomic E-state index is -0.176. The molecule has 0 aromatic heterocycles. The van der Waals surface area contributed by atoms with Crippen LogP contribution >= 0.6 is 0 Å². The molecule has 1 N–H and O–H groups in total. The van der Waals surface area contributed by atoms with Gasteiger partial charge in [-0.05, 0) is 43.3 Å². The molecule has 0 saturated heterocycles. The van der Waals surface area contributed by atoms with Crippen molar-refractivity contribution in [1.29, 1.82) is 0 Å². The number of hydrogen-bond donors (Lipinski definition) is 1. The maximum Gasteiger partial charge on any atom is 0.185 e. The van der Waals surface area contributed by atoms with E-state index in [0.717, 1.165) is 11.3 Å². The normalized spacial score (nSPS) is 10.6. The van der Waals surface area contributed by atoms with Gasteiger partial charge in [-0.1, -0.05) is 18.2 Å². The number of methoxy groups -OCH3 is 1. The van der Waals surface area contributed by atoms with Gasteiger partial charge in [0.25, 0.3) is 0 Å². The van der Waals surface area contributed by atoms with Crippen molar-refractivity contribution < 1.29 is 19.4 Å². The fourth-order valence-electron chi connectivity index (χ4n) is 2.00. The van der Waals surface area contributed by atoms with Gasteiger partial charge < -0.3 is 14.6 Å². The summed E-state index contributed by atoms with van der Waals surface area (Å²) in [7, 11) is 1.44. The van der Waals surface area contributed by atoms with Crippen LogP contribution in [0.5, 0.6) is 17.2 Å². The summed E-state index contributed by atoms with van der Waals surface area (Å²) in [6.07, 6.45) is 3.19. The maximum atomic E-state index is 12.2. The molecule has 22 heavy (non-hydrogen) atoms. The van der Waals surface area contributed by atoms with Crippen molar-refractivity contribution in [1.82, 2.24) is 0 Å². The van der Waals surface area contributed by atoms with Crippen molar-refractivity contribution in [2.24, 2.45) is 0 Å². The molecule has 4 heteroatoms. The highest BCUT2D eigenvalue weighted by Gasteiger charge is 2.07. The molecule has 114 valence electrons. The van der Waals surface area contributed by atoms with E-state index in [1.165, 1.54) is 25.3 Å². The van der Waals surface area contributed by atoms with Crippen molar-refractivity contribution in [3.05, 3.63) is 59.7 Å². The third kappa shape index (κ3) is 3.67. The summed E-state index contributed by atoms with van der Waals surface area (Å²) in [4.78, 5) is 12.2. The summed E-state index contributed by atoms with van der Waals surface area (Å²) in [6, 6.07) is 12.0. The van der Waals surface area contributed by atoms with Gasteiger partial charge in [0.1, 0.15) is 5.75 Å². The van der Waals surface area contributed by atoms with E-state index in [1.807, 2.05) is 31.2 Å². The zero-order chi connectivity index (χ0) is 15.9. The van der Waals surface area contributed by atoms with Crippen molar-refractivity contribution >= 4 is 11.9 Å². The van der Waals surface area contributed by atoms with Gasteiger partial charge in [-0.3, -0.25) is 4.79 Å². The van der Waals surface area contributed by atoms with Crippen LogP contribution in [-0.2, 0) is 0 Å².